The molecule has 3 saturated carbocycles. The number of unbranched alkanes of at least 4 members (excludes halogenated alkanes) is 1. The molecule has 4 aliphatic carbocycles. The molecule has 0 saturated heterocycles. The summed E-state index contributed by atoms with van der Waals surface area (Å²) in [5.74, 6) is 8.67. The molecule has 0 aromatic heterocycles. The Labute approximate surface area is 205 Å². The minimum absolute atomic E-state index is 0.321. The molecule has 1 nitrogen and oxygen atoms in total. The Hall–Kier alpha value is -0.900. The molecule has 186 valence electrons. The number of fused-ring (bicyclic) bond motifs is 5. The van der Waals surface area contributed by atoms with Gasteiger partial charge in [-0.2, -0.15) is 0 Å². The summed E-state index contributed by atoms with van der Waals surface area (Å²) in [4.78, 5) is 0. The van der Waals surface area contributed by atoms with Gasteiger partial charge in [0.25, 0.3) is 0 Å². The summed E-state index contributed by atoms with van der Waals surface area (Å²) < 4.78 is 5.99. The van der Waals surface area contributed by atoms with Crippen LogP contribution in [0.25, 0.3) is 0 Å². The van der Waals surface area contributed by atoms with Gasteiger partial charge in [0.05, 0.1) is 0 Å². The van der Waals surface area contributed by atoms with Crippen LogP contribution in [-0.4, -0.2) is 6.10 Å². The van der Waals surface area contributed by atoms with Gasteiger partial charge in [-0.15, -0.1) is 0 Å². The Morgan fingerprint density at radius 1 is 1.03 bits per heavy atom. The van der Waals surface area contributed by atoms with E-state index >= 15 is 0 Å². The minimum atomic E-state index is 0.321. The molecule has 0 aromatic carbocycles. The fourth-order valence-electron chi connectivity index (χ4n) is 9.05. The molecule has 8 atom stereocenters. The SMILES string of the molecule is CCCC#CO[C@H]1CC[C@@]2(C)C(=CC[C@H]3[C@@H]4CC[C@H]([C@H](C)CCCC(C)C)[C@@]4(C)CC[C@@H]32)C1. The third kappa shape index (κ3) is 4.93. The summed E-state index contributed by atoms with van der Waals surface area (Å²) >= 11 is 0. The predicted octanol–water partition coefficient (Wildman–Crippen LogP) is 9.17. The monoisotopic (exact) mass is 452 g/mol. The van der Waals surface area contributed by atoms with Gasteiger partial charge in [-0.1, -0.05) is 78.4 Å². The van der Waals surface area contributed by atoms with Gasteiger partial charge in [-0.25, -0.2) is 0 Å². The highest BCUT2D eigenvalue weighted by molar-refractivity contribution is 5.25. The second-order valence-electron chi connectivity index (χ2n) is 13.3. The van der Waals surface area contributed by atoms with E-state index in [0.717, 1.165) is 54.8 Å². The first-order chi connectivity index (χ1) is 15.8. The Morgan fingerprint density at radius 2 is 1.85 bits per heavy atom. The van der Waals surface area contributed by atoms with Gasteiger partial charge >= 0.3 is 0 Å². The second kappa shape index (κ2) is 10.4. The van der Waals surface area contributed by atoms with Gasteiger partial charge in [-0.3, -0.25) is 0 Å². The summed E-state index contributed by atoms with van der Waals surface area (Å²) in [6.07, 6.45) is 23.2. The van der Waals surface area contributed by atoms with E-state index in [0.29, 0.717) is 16.9 Å². The first-order valence-corrected chi connectivity index (χ1v) is 14.6. The first-order valence-electron chi connectivity index (χ1n) is 14.6. The topological polar surface area (TPSA) is 9.23 Å². The molecule has 33 heavy (non-hydrogen) atoms. The zero-order valence-electron chi connectivity index (χ0n) is 22.7. The fourth-order valence-corrected chi connectivity index (χ4v) is 9.05. The zero-order chi connectivity index (χ0) is 23.6. The summed E-state index contributed by atoms with van der Waals surface area (Å²) in [5, 5.41) is 0. The molecule has 0 unspecified atom stereocenters. The lowest BCUT2D eigenvalue weighted by molar-refractivity contribution is -0.0572. The van der Waals surface area contributed by atoms with Gasteiger partial charge in [-0.05, 0) is 97.7 Å². The lowest BCUT2D eigenvalue weighted by atomic mass is 9.47. The largest absolute Gasteiger partial charge is 0.443 e. The van der Waals surface area contributed by atoms with Crippen molar-refractivity contribution in [3.8, 4) is 12.0 Å². The van der Waals surface area contributed by atoms with Crippen molar-refractivity contribution in [2.75, 3.05) is 0 Å². The maximum atomic E-state index is 5.99. The first kappa shape index (κ1) is 25.2. The normalized spacial score (nSPS) is 40.7. The van der Waals surface area contributed by atoms with Crippen LogP contribution in [0.3, 0.4) is 0 Å². The zero-order valence-corrected chi connectivity index (χ0v) is 22.7. The van der Waals surface area contributed by atoms with Crippen LogP contribution in [0, 0.1) is 58.4 Å². The maximum Gasteiger partial charge on any atom is 0.114 e. The van der Waals surface area contributed by atoms with E-state index < -0.39 is 0 Å². The van der Waals surface area contributed by atoms with Gasteiger partial charge in [0.15, 0.2) is 0 Å². The van der Waals surface area contributed by atoms with Gasteiger partial charge in [0, 0.05) is 12.8 Å². The van der Waals surface area contributed by atoms with Crippen LogP contribution in [0.4, 0.5) is 0 Å². The average Bonchev–Trinajstić information content (AvgIpc) is 3.14. The van der Waals surface area contributed by atoms with Crippen LogP contribution in [0.1, 0.15) is 125 Å². The van der Waals surface area contributed by atoms with Crippen molar-refractivity contribution in [2.45, 2.75) is 131 Å². The van der Waals surface area contributed by atoms with E-state index in [1.54, 1.807) is 5.57 Å². The second-order valence-corrected chi connectivity index (χ2v) is 13.3. The Bertz CT molecular complexity index is 752. The van der Waals surface area contributed by atoms with E-state index in [4.69, 9.17) is 4.74 Å². The third-order valence-corrected chi connectivity index (χ3v) is 10.9. The third-order valence-electron chi connectivity index (χ3n) is 10.9. The average molecular weight is 453 g/mol. The van der Waals surface area contributed by atoms with Crippen molar-refractivity contribution in [3.05, 3.63) is 11.6 Å². The number of hydrogen-bond acceptors (Lipinski definition) is 1. The Balaban J connectivity index is 1.43. The molecule has 0 radical (unpaired) electrons. The molecule has 0 heterocycles. The van der Waals surface area contributed by atoms with E-state index in [9.17, 15) is 0 Å². The van der Waals surface area contributed by atoms with E-state index in [1.807, 2.05) is 0 Å². The Morgan fingerprint density at radius 3 is 2.61 bits per heavy atom. The summed E-state index contributed by atoms with van der Waals surface area (Å²) in [7, 11) is 0. The van der Waals surface area contributed by atoms with Crippen LogP contribution in [0.15, 0.2) is 11.6 Å². The quantitative estimate of drug-likeness (QED) is 0.276. The number of allylic oxidation sites excluding steroid dienone is 1. The number of hydrogen-bond donors (Lipinski definition) is 0. The number of rotatable bonds is 7. The van der Waals surface area contributed by atoms with E-state index in [2.05, 4.69) is 59.6 Å². The van der Waals surface area contributed by atoms with Crippen molar-refractivity contribution in [2.24, 2.45) is 46.3 Å². The van der Waals surface area contributed by atoms with Gasteiger partial charge < -0.3 is 4.74 Å². The summed E-state index contributed by atoms with van der Waals surface area (Å²) in [6.45, 7) is 14.9. The van der Waals surface area contributed by atoms with Crippen molar-refractivity contribution in [1.29, 1.82) is 0 Å². The molecule has 0 N–H and O–H groups in total. The van der Waals surface area contributed by atoms with Crippen LogP contribution >= 0.6 is 0 Å². The summed E-state index contributed by atoms with van der Waals surface area (Å²) in [6, 6.07) is 0. The van der Waals surface area contributed by atoms with Crippen LogP contribution in [-0.2, 0) is 4.74 Å². The molecule has 0 spiro atoms. The maximum absolute atomic E-state index is 5.99. The Kier molecular flexibility index (Phi) is 7.93. The molecule has 0 amide bonds. The lowest BCUT2D eigenvalue weighted by Gasteiger charge is -2.58. The lowest BCUT2D eigenvalue weighted by Crippen LogP contribution is -2.50. The molecular weight excluding hydrogens is 400 g/mol. The fraction of sp³-hybridized carbons (Fsp3) is 0.875. The van der Waals surface area contributed by atoms with E-state index in [1.165, 1.54) is 64.2 Å². The molecule has 4 rings (SSSR count). The standard InChI is InChI=1S/C32H52O/c1-7-8-9-21-33-26-17-19-31(5)25(22-26)13-14-27-29-16-15-28(24(4)12-10-11-23(2)3)32(29,6)20-18-30(27)31/h13,23-24,26-30H,7-8,10-12,14-20,22H2,1-6H3/t24-,26+,27+,28-,29+,30+,31+,32-/m1/s1. The van der Waals surface area contributed by atoms with Crippen molar-refractivity contribution < 1.29 is 4.74 Å². The molecule has 0 aliphatic heterocycles. The molecule has 3 fully saturated rings. The van der Waals surface area contributed by atoms with Crippen LogP contribution in [0.5, 0.6) is 0 Å². The molecule has 4 aliphatic rings. The van der Waals surface area contributed by atoms with Crippen molar-refractivity contribution in [3.63, 3.8) is 0 Å². The van der Waals surface area contributed by atoms with Gasteiger partial charge in [0.2, 0.25) is 0 Å². The highest BCUT2D eigenvalue weighted by Crippen LogP contribution is 2.67. The highest BCUT2D eigenvalue weighted by atomic mass is 16.5. The molecule has 0 aromatic rings. The molecular formula is C32H52O. The minimum Gasteiger partial charge on any atom is -0.443 e. The number of ether oxygens (including phenoxy) is 1. The van der Waals surface area contributed by atoms with Crippen LogP contribution in [0.2, 0.25) is 0 Å². The van der Waals surface area contributed by atoms with Crippen molar-refractivity contribution in [1.82, 2.24) is 0 Å². The van der Waals surface area contributed by atoms with E-state index in [-0.39, 0.29) is 0 Å². The van der Waals surface area contributed by atoms with Gasteiger partial charge in [0.1, 0.15) is 12.2 Å². The van der Waals surface area contributed by atoms with Crippen molar-refractivity contribution >= 4 is 0 Å². The van der Waals surface area contributed by atoms with Crippen LogP contribution < -0.4 is 0 Å². The molecule has 0 bridgehead atoms. The predicted molar refractivity (Wildman–Crippen MR) is 141 cm³/mol. The highest BCUT2D eigenvalue weighted by Gasteiger charge is 2.59. The smallest absolute Gasteiger partial charge is 0.114 e. The molecule has 1 heteroatoms. The summed E-state index contributed by atoms with van der Waals surface area (Å²) in [5.41, 5.74) is 2.73.